The van der Waals surface area contributed by atoms with E-state index in [1.807, 2.05) is 47.2 Å². The predicted molar refractivity (Wildman–Crippen MR) is 62.7 cm³/mol. The normalized spacial score (nSPS) is 11.7. The van der Waals surface area contributed by atoms with Gasteiger partial charge in [0.1, 0.15) is 6.04 Å². The number of benzene rings is 1. The molecule has 3 heteroatoms. The second-order valence-electron chi connectivity index (χ2n) is 3.13. The number of hydrogen-bond acceptors (Lipinski definition) is 3. The Morgan fingerprint density at radius 2 is 2.00 bits per heavy atom. The molecule has 0 unspecified atom stereocenters. The van der Waals surface area contributed by atoms with Crippen LogP contribution in [0.15, 0.2) is 47.2 Å². The lowest BCUT2D eigenvalue weighted by Crippen LogP contribution is -2.06. The van der Waals surface area contributed by atoms with Crippen molar-refractivity contribution in [3.8, 4) is 6.07 Å². The van der Waals surface area contributed by atoms with Crippen LogP contribution in [0.1, 0.15) is 11.6 Å². The largest absolute Gasteiger partial charge is 0.366 e. The third-order valence-corrected chi connectivity index (χ3v) is 2.79. The summed E-state index contributed by atoms with van der Waals surface area (Å²) < 4.78 is 0. The summed E-state index contributed by atoms with van der Waals surface area (Å²) in [5.41, 5.74) is 1.99. The van der Waals surface area contributed by atoms with Gasteiger partial charge in [-0.25, -0.2) is 0 Å². The van der Waals surface area contributed by atoms with Crippen LogP contribution in [0.4, 0.5) is 5.69 Å². The SMILES string of the molecule is N#C[C@@H](Nc1ccccc1)c1ccsc1. The summed E-state index contributed by atoms with van der Waals surface area (Å²) in [5, 5.41) is 16.2. The Kier molecular flexibility index (Phi) is 3.01. The number of rotatable bonds is 3. The van der Waals surface area contributed by atoms with Crippen molar-refractivity contribution < 1.29 is 0 Å². The highest BCUT2D eigenvalue weighted by Gasteiger charge is 2.09. The van der Waals surface area contributed by atoms with E-state index in [9.17, 15) is 0 Å². The third-order valence-electron chi connectivity index (χ3n) is 2.09. The van der Waals surface area contributed by atoms with Crippen LogP contribution in [0.3, 0.4) is 0 Å². The zero-order valence-corrected chi connectivity index (χ0v) is 8.87. The molecule has 15 heavy (non-hydrogen) atoms. The number of nitrogens with zero attached hydrogens (tertiary/aromatic N) is 1. The fourth-order valence-corrected chi connectivity index (χ4v) is 2.02. The van der Waals surface area contributed by atoms with Crippen molar-refractivity contribution in [1.29, 1.82) is 5.26 Å². The van der Waals surface area contributed by atoms with E-state index >= 15 is 0 Å². The van der Waals surface area contributed by atoms with Gasteiger partial charge in [-0.05, 0) is 34.5 Å². The molecule has 0 saturated carbocycles. The van der Waals surface area contributed by atoms with Crippen molar-refractivity contribution >= 4 is 17.0 Å². The molecule has 2 rings (SSSR count). The molecule has 0 bridgehead atoms. The van der Waals surface area contributed by atoms with Crippen molar-refractivity contribution in [3.63, 3.8) is 0 Å². The van der Waals surface area contributed by atoms with E-state index < -0.39 is 0 Å². The van der Waals surface area contributed by atoms with E-state index in [2.05, 4.69) is 11.4 Å². The van der Waals surface area contributed by atoms with Gasteiger partial charge in [0.25, 0.3) is 0 Å². The average Bonchev–Trinajstić information content (AvgIpc) is 2.81. The average molecular weight is 214 g/mol. The number of nitrogens with one attached hydrogen (secondary N) is 1. The van der Waals surface area contributed by atoms with Gasteiger partial charge in [0, 0.05) is 5.69 Å². The third kappa shape index (κ3) is 2.36. The van der Waals surface area contributed by atoms with Crippen molar-refractivity contribution in [3.05, 3.63) is 52.7 Å². The van der Waals surface area contributed by atoms with E-state index in [0.717, 1.165) is 11.3 Å². The molecule has 1 aromatic carbocycles. The topological polar surface area (TPSA) is 35.8 Å². The Labute approximate surface area is 92.8 Å². The van der Waals surface area contributed by atoms with E-state index in [4.69, 9.17) is 5.26 Å². The maximum Gasteiger partial charge on any atom is 0.141 e. The molecule has 0 aliphatic rings. The van der Waals surface area contributed by atoms with Crippen LogP contribution in [-0.4, -0.2) is 0 Å². The standard InChI is InChI=1S/C12H10N2S/c13-8-12(10-6-7-15-9-10)14-11-4-2-1-3-5-11/h1-7,9,12,14H/t12-/m1/s1. The lowest BCUT2D eigenvalue weighted by molar-refractivity contribution is 1.01. The lowest BCUT2D eigenvalue weighted by Gasteiger charge is -2.10. The molecule has 1 aromatic heterocycles. The fourth-order valence-electron chi connectivity index (χ4n) is 1.33. The quantitative estimate of drug-likeness (QED) is 0.849. The molecule has 0 aliphatic carbocycles. The first kappa shape index (κ1) is 9.75. The smallest absolute Gasteiger partial charge is 0.141 e. The summed E-state index contributed by atoms with van der Waals surface area (Å²) in [5.74, 6) is 0. The number of thiophene rings is 1. The van der Waals surface area contributed by atoms with Gasteiger partial charge in [-0.15, -0.1) is 0 Å². The van der Waals surface area contributed by atoms with Crippen molar-refractivity contribution in [1.82, 2.24) is 0 Å². The Bertz CT molecular complexity index is 442. The van der Waals surface area contributed by atoms with Gasteiger partial charge < -0.3 is 5.32 Å². The maximum atomic E-state index is 9.05. The molecule has 0 saturated heterocycles. The van der Waals surface area contributed by atoms with Gasteiger partial charge in [-0.2, -0.15) is 16.6 Å². The highest BCUT2D eigenvalue weighted by Crippen LogP contribution is 2.20. The molecule has 74 valence electrons. The molecule has 2 nitrogen and oxygen atoms in total. The highest BCUT2D eigenvalue weighted by molar-refractivity contribution is 7.08. The van der Waals surface area contributed by atoms with Gasteiger partial charge in [-0.3, -0.25) is 0 Å². The summed E-state index contributed by atoms with van der Waals surface area (Å²) in [4.78, 5) is 0. The second kappa shape index (κ2) is 4.63. The Hall–Kier alpha value is -1.79. The number of anilines is 1. The van der Waals surface area contributed by atoms with E-state index in [1.165, 1.54) is 0 Å². The molecule has 0 fully saturated rings. The Morgan fingerprint density at radius 3 is 2.60 bits per heavy atom. The minimum Gasteiger partial charge on any atom is -0.366 e. The van der Waals surface area contributed by atoms with Gasteiger partial charge in [0.2, 0.25) is 0 Å². The number of para-hydroxylation sites is 1. The van der Waals surface area contributed by atoms with Crippen LogP contribution >= 0.6 is 11.3 Å². The minimum atomic E-state index is -0.265. The minimum absolute atomic E-state index is 0.265. The molecule has 0 aliphatic heterocycles. The zero-order chi connectivity index (χ0) is 10.5. The number of nitriles is 1. The molecular formula is C12H10N2S. The molecule has 2 aromatic rings. The van der Waals surface area contributed by atoms with Gasteiger partial charge in [0.05, 0.1) is 6.07 Å². The summed E-state index contributed by atoms with van der Waals surface area (Å²) in [6, 6.07) is 13.7. The first-order valence-corrected chi connectivity index (χ1v) is 5.58. The summed E-state index contributed by atoms with van der Waals surface area (Å²) in [7, 11) is 0. The zero-order valence-electron chi connectivity index (χ0n) is 8.05. The summed E-state index contributed by atoms with van der Waals surface area (Å²) in [6.45, 7) is 0. The van der Waals surface area contributed by atoms with Crippen LogP contribution in [0, 0.1) is 11.3 Å². The van der Waals surface area contributed by atoms with Crippen molar-refractivity contribution in [2.45, 2.75) is 6.04 Å². The fraction of sp³-hybridized carbons (Fsp3) is 0.0833. The maximum absolute atomic E-state index is 9.05. The molecule has 1 atom stereocenters. The molecule has 1 N–H and O–H groups in total. The molecule has 0 radical (unpaired) electrons. The van der Waals surface area contributed by atoms with Gasteiger partial charge in [-0.1, -0.05) is 18.2 Å². The molecule has 0 amide bonds. The Balaban J connectivity index is 2.14. The molecule has 0 spiro atoms. The Morgan fingerprint density at radius 1 is 1.20 bits per heavy atom. The van der Waals surface area contributed by atoms with Crippen molar-refractivity contribution in [2.75, 3.05) is 5.32 Å². The van der Waals surface area contributed by atoms with E-state index in [0.29, 0.717) is 0 Å². The second-order valence-corrected chi connectivity index (χ2v) is 3.91. The first-order chi connectivity index (χ1) is 7.40. The molecular weight excluding hydrogens is 204 g/mol. The monoisotopic (exact) mass is 214 g/mol. The highest BCUT2D eigenvalue weighted by atomic mass is 32.1. The lowest BCUT2D eigenvalue weighted by atomic mass is 10.1. The van der Waals surface area contributed by atoms with Gasteiger partial charge >= 0.3 is 0 Å². The summed E-state index contributed by atoms with van der Waals surface area (Å²) >= 11 is 1.60. The van der Waals surface area contributed by atoms with E-state index in [-0.39, 0.29) is 6.04 Å². The predicted octanol–water partition coefficient (Wildman–Crippen LogP) is 3.42. The van der Waals surface area contributed by atoms with Crippen LogP contribution < -0.4 is 5.32 Å². The van der Waals surface area contributed by atoms with Crippen LogP contribution in [-0.2, 0) is 0 Å². The van der Waals surface area contributed by atoms with Crippen LogP contribution in [0.5, 0.6) is 0 Å². The van der Waals surface area contributed by atoms with Crippen LogP contribution in [0.2, 0.25) is 0 Å². The number of hydrogen-bond donors (Lipinski definition) is 1. The summed E-state index contributed by atoms with van der Waals surface area (Å²) in [6.07, 6.45) is 0. The van der Waals surface area contributed by atoms with Crippen LogP contribution in [0.25, 0.3) is 0 Å². The van der Waals surface area contributed by atoms with Gasteiger partial charge in [0.15, 0.2) is 0 Å². The van der Waals surface area contributed by atoms with Crippen molar-refractivity contribution in [2.24, 2.45) is 0 Å². The van der Waals surface area contributed by atoms with E-state index in [1.54, 1.807) is 11.3 Å². The first-order valence-electron chi connectivity index (χ1n) is 4.63. The molecule has 1 heterocycles.